The van der Waals surface area contributed by atoms with Crippen LogP contribution in [0.3, 0.4) is 0 Å². The van der Waals surface area contributed by atoms with E-state index >= 15 is 0 Å². The number of carbonyl (C=O) groups is 1. The number of nitrogens with one attached hydrogen (secondary N) is 1. The molecule has 0 unspecified atom stereocenters. The summed E-state index contributed by atoms with van der Waals surface area (Å²) in [6.45, 7) is -0.633. The van der Waals surface area contributed by atoms with Crippen molar-refractivity contribution in [2.24, 2.45) is 0 Å². The molecule has 1 rings (SSSR count). The molecular weight excluding hydrogens is 210 g/mol. The Labute approximate surface area is 93.4 Å². The van der Waals surface area contributed by atoms with E-state index in [4.69, 9.17) is 10.2 Å². The van der Waals surface area contributed by atoms with Gasteiger partial charge in [-0.25, -0.2) is 0 Å². The quantitative estimate of drug-likeness (QED) is 0.539. The summed E-state index contributed by atoms with van der Waals surface area (Å²) in [6.07, 6.45) is 0.0170. The summed E-state index contributed by atoms with van der Waals surface area (Å²) < 4.78 is 0. The number of carbonyl (C=O) groups excluding carboxylic acids is 1. The van der Waals surface area contributed by atoms with E-state index in [0.717, 1.165) is 0 Å². The Bertz CT molecular complexity index is 350. The number of phenols is 1. The average molecular weight is 225 g/mol. The van der Waals surface area contributed by atoms with Crippen molar-refractivity contribution >= 4 is 5.91 Å². The molecule has 1 aromatic rings. The third kappa shape index (κ3) is 3.52. The van der Waals surface area contributed by atoms with Crippen LogP contribution in [0.25, 0.3) is 0 Å². The highest BCUT2D eigenvalue weighted by molar-refractivity contribution is 5.79. The van der Waals surface area contributed by atoms with Gasteiger partial charge in [0.25, 0.3) is 0 Å². The topological polar surface area (TPSA) is 89.8 Å². The highest BCUT2D eigenvalue weighted by Crippen LogP contribution is 2.15. The molecule has 1 aromatic carbocycles. The minimum absolute atomic E-state index is 0.0170. The van der Waals surface area contributed by atoms with Gasteiger partial charge in [0.1, 0.15) is 5.75 Å². The van der Waals surface area contributed by atoms with Crippen LogP contribution < -0.4 is 5.32 Å². The minimum Gasteiger partial charge on any atom is -0.508 e. The zero-order valence-electron chi connectivity index (χ0n) is 8.76. The van der Waals surface area contributed by atoms with E-state index < -0.39 is 6.04 Å². The minimum atomic E-state index is -0.654. The Morgan fingerprint density at radius 3 is 2.44 bits per heavy atom. The van der Waals surface area contributed by atoms with Gasteiger partial charge in [-0.1, -0.05) is 18.2 Å². The lowest BCUT2D eigenvalue weighted by Crippen LogP contribution is -2.40. The molecule has 0 radical (unpaired) electrons. The fraction of sp³-hybridized carbons (Fsp3) is 0.364. The summed E-state index contributed by atoms with van der Waals surface area (Å²) >= 11 is 0. The largest absolute Gasteiger partial charge is 0.508 e. The summed E-state index contributed by atoms with van der Waals surface area (Å²) in [5.74, 6) is -0.295. The van der Waals surface area contributed by atoms with Gasteiger partial charge in [0, 0.05) is 5.56 Å². The van der Waals surface area contributed by atoms with Crippen molar-refractivity contribution in [3.05, 3.63) is 29.8 Å². The van der Waals surface area contributed by atoms with Crippen LogP contribution in [0.1, 0.15) is 5.56 Å². The molecule has 5 nitrogen and oxygen atoms in total. The van der Waals surface area contributed by atoms with Crippen LogP contribution in [0.5, 0.6) is 5.75 Å². The van der Waals surface area contributed by atoms with Crippen LogP contribution >= 0.6 is 0 Å². The van der Waals surface area contributed by atoms with E-state index in [0.29, 0.717) is 5.56 Å². The molecule has 5 heteroatoms. The first-order valence-electron chi connectivity index (χ1n) is 4.95. The number of amides is 1. The predicted molar refractivity (Wildman–Crippen MR) is 57.9 cm³/mol. The number of phenolic OH excluding ortho intramolecular Hbond substituents is 1. The molecule has 0 aliphatic rings. The number of aromatic hydroxyl groups is 1. The number of benzene rings is 1. The molecule has 0 bridgehead atoms. The van der Waals surface area contributed by atoms with Gasteiger partial charge in [-0.05, 0) is 6.07 Å². The Morgan fingerprint density at radius 1 is 1.25 bits per heavy atom. The van der Waals surface area contributed by atoms with Crippen LogP contribution in [0.4, 0.5) is 0 Å². The van der Waals surface area contributed by atoms with E-state index in [1.54, 1.807) is 18.2 Å². The summed E-state index contributed by atoms with van der Waals surface area (Å²) in [7, 11) is 0. The molecule has 0 atom stereocenters. The monoisotopic (exact) mass is 225 g/mol. The number of hydrogen-bond acceptors (Lipinski definition) is 4. The van der Waals surface area contributed by atoms with Crippen molar-refractivity contribution in [2.45, 2.75) is 12.5 Å². The maximum Gasteiger partial charge on any atom is 0.224 e. The molecule has 0 aromatic heterocycles. The van der Waals surface area contributed by atoms with E-state index in [9.17, 15) is 9.90 Å². The number of aliphatic hydroxyl groups excluding tert-OH is 2. The molecule has 0 aliphatic carbocycles. The van der Waals surface area contributed by atoms with Crippen molar-refractivity contribution in [3.8, 4) is 5.75 Å². The van der Waals surface area contributed by atoms with E-state index in [1.165, 1.54) is 6.07 Å². The molecule has 0 saturated carbocycles. The summed E-state index contributed by atoms with van der Waals surface area (Å²) in [5, 5.41) is 29.4. The average Bonchev–Trinajstić information content (AvgIpc) is 2.29. The van der Waals surface area contributed by atoms with Crippen LogP contribution in [-0.2, 0) is 11.2 Å². The summed E-state index contributed by atoms with van der Waals surface area (Å²) in [6, 6.07) is 5.87. The zero-order chi connectivity index (χ0) is 12.0. The lowest BCUT2D eigenvalue weighted by Gasteiger charge is -2.13. The Balaban J connectivity index is 2.55. The highest BCUT2D eigenvalue weighted by atomic mass is 16.3. The number of para-hydroxylation sites is 1. The summed E-state index contributed by atoms with van der Waals surface area (Å²) in [5.41, 5.74) is 0.509. The first kappa shape index (κ1) is 12.5. The van der Waals surface area contributed by atoms with Crippen LogP contribution in [0.2, 0.25) is 0 Å². The molecule has 0 aliphatic heterocycles. The summed E-state index contributed by atoms with van der Waals surface area (Å²) in [4.78, 5) is 11.4. The Hall–Kier alpha value is -1.59. The van der Waals surface area contributed by atoms with Crippen molar-refractivity contribution in [1.82, 2.24) is 5.32 Å². The second-order valence-corrected chi connectivity index (χ2v) is 3.44. The van der Waals surface area contributed by atoms with Gasteiger partial charge < -0.3 is 20.6 Å². The molecule has 0 saturated heterocycles. The maximum atomic E-state index is 11.4. The number of rotatable bonds is 5. The standard InChI is InChI=1S/C11H15NO4/c13-6-9(7-14)12-11(16)5-8-3-1-2-4-10(8)15/h1-4,9,13-15H,5-7H2,(H,12,16). The van der Waals surface area contributed by atoms with E-state index in [-0.39, 0.29) is 31.3 Å². The lowest BCUT2D eigenvalue weighted by atomic mass is 10.1. The second kappa shape index (κ2) is 6.09. The third-order valence-corrected chi connectivity index (χ3v) is 2.15. The first-order valence-corrected chi connectivity index (χ1v) is 4.95. The first-order chi connectivity index (χ1) is 7.67. The van der Waals surface area contributed by atoms with Crippen molar-refractivity contribution < 1.29 is 20.1 Å². The predicted octanol–water partition coefficient (Wildman–Crippen LogP) is -0.596. The fourth-order valence-corrected chi connectivity index (χ4v) is 1.26. The van der Waals surface area contributed by atoms with Crippen LogP contribution in [-0.4, -0.2) is 40.5 Å². The Morgan fingerprint density at radius 2 is 1.88 bits per heavy atom. The molecule has 0 heterocycles. The SMILES string of the molecule is O=C(Cc1ccccc1O)NC(CO)CO. The fourth-order valence-electron chi connectivity index (χ4n) is 1.26. The third-order valence-electron chi connectivity index (χ3n) is 2.15. The van der Waals surface area contributed by atoms with Crippen LogP contribution in [0, 0.1) is 0 Å². The second-order valence-electron chi connectivity index (χ2n) is 3.44. The zero-order valence-corrected chi connectivity index (χ0v) is 8.76. The normalized spacial score (nSPS) is 10.4. The van der Waals surface area contributed by atoms with Gasteiger partial charge in [-0.3, -0.25) is 4.79 Å². The van der Waals surface area contributed by atoms with Gasteiger partial charge in [0.15, 0.2) is 0 Å². The van der Waals surface area contributed by atoms with Gasteiger partial charge in [-0.15, -0.1) is 0 Å². The molecule has 0 fully saturated rings. The van der Waals surface area contributed by atoms with Crippen molar-refractivity contribution in [2.75, 3.05) is 13.2 Å². The molecule has 88 valence electrons. The molecule has 16 heavy (non-hydrogen) atoms. The molecule has 0 spiro atoms. The van der Waals surface area contributed by atoms with Crippen LogP contribution in [0.15, 0.2) is 24.3 Å². The van der Waals surface area contributed by atoms with Gasteiger partial charge in [0.05, 0.1) is 25.7 Å². The smallest absolute Gasteiger partial charge is 0.224 e. The van der Waals surface area contributed by atoms with Gasteiger partial charge in [0.2, 0.25) is 5.91 Å². The number of aliphatic hydroxyl groups is 2. The lowest BCUT2D eigenvalue weighted by molar-refractivity contribution is -0.121. The van der Waals surface area contributed by atoms with Gasteiger partial charge in [-0.2, -0.15) is 0 Å². The van der Waals surface area contributed by atoms with Crippen molar-refractivity contribution in [1.29, 1.82) is 0 Å². The molecule has 4 N–H and O–H groups in total. The van der Waals surface area contributed by atoms with E-state index in [1.807, 2.05) is 0 Å². The number of hydrogen-bond donors (Lipinski definition) is 4. The van der Waals surface area contributed by atoms with E-state index in [2.05, 4.69) is 5.32 Å². The Kier molecular flexibility index (Phi) is 4.75. The highest BCUT2D eigenvalue weighted by Gasteiger charge is 2.11. The molecule has 1 amide bonds. The van der Waals surface area contributed by atoms with Crippen molar-refractivity contribution in [3.63, 3.8) is 0 Å². The maximum absolute atomic E-state index is 11.4. The molecular formula is C11H15NO4. The van der Waals surface area contributed by atoms with Gasteiger partial charge >= 0.3 is 0 Å².